The quantitative estimate of drug-likeness (QED) is 0.736. The van der Waals surface area contributed by atoms with Gasteiger partial charge in [0.25, 0.3) is 0 Å². The predicted octanol–water partition coefficient (Wildman–Crippen LogP) is 1.07. The van der Waals surface area contributed by atoms with E-state index in [2.05, 4.69) is 10.3 Å². The third-order valence-electron chi connectivity index (χ3n) is 2.63. The molecule has 4 heteroatoms. The summed E-state index contributed by atoms with van der Waals surface area (Å²) in [7, 11) is 0. The van der Waals surface area contributed by atoms with Crippen LogP contribution in [0.25, 0.3) is 0 Å². The topological polar surface area (TPSA) is 45.2 Å². The number of aliphatic hydroxyl groups is 1. The van der Waals surface area contributed by atoms with Gasteiger partial charge in [-0.15, -0.1) is 12.4 Å². The van der Waals surface area contributed by atoms with Crippen LogP contribution in [0.15, 0.2) is 24.5 Å². The largest absolute Gasteiger partial charge is 0.385 e. The SMILES string of the molecule is Cl.OC1(c2cccnc2)CCNCC1. The number of nitrogens with zero attached hydrogens (tertiary/aromatic N) is 1. The minimum absolute atomic E-state index is 0. The Bertz CT molecular complexity index is 273. The predicted molar refractivity (Wildman–Crippen MR) is 57.5 cm³/mol. The van der Waals surface area contributed by atoms with Gasteiger partial charge in [0.2, 0.25) is 0 Å². The smallest absolute Gasteiger partial charge is 0.0935 e. The monoisotopic (exact) mass is 214 g/mol. The van der Waals surface area contributed by atoms with Gasteiger partial charge in [0.1, 0.15) is 0 Å². The molecule has 3 nitrogen and oxygen atoms in total. The Hall–Kier alpha value is -0.640. The summed E-state index contributed by atoms with van der Waals surface area (Å²) in [4.78, 5) is 4.02. The highest BCUT2D eigenvalue weighted by Gasteiger charge is 2.30. The van der Waals surface area contributed by atoms with E-state index in [0.29, 0.717) is 0 Å². The molecule has 2 rings (SSSR count). The first-order valence-electron chi connectivity index (χ1n) is 4.65. The van der Waals surface area contributed by atoms with E-state index in [1.807, 2.05) is 12.1 Å². The second kappa shape index (κ2) is 4.73. The van der Waals surface area contributed by atoms with Crippen molar-refractivity contribution in [3.8, 4) is 0 Å². The van der Waals surface area contributed by atoms with E-state index in [4.69, 9.17) is 0 Å². The number of halogens is 1. The van der Waals surface area contributed by atoms with Crippen molar-refractivity contribution >= 4 is 12.4 Å². The molecule has 0 saturated carbocycles. The summed E-state index contributed by atoms with van der Waals surface area (Å²) < 4.78 is 0. The first kappa shape index (κ1) is 11.4. The molecule has 2 N–H and O–H groups in total. The maximum Gasteiger partial charge on any atom is 0.0935 e. The van der Waals surface area contributed by atoms with E-state index in [1.54, 1.807) is 12.4 Å². The molecule has 0 unspecified atom stereocenters. The number of hydrogen-bond acceptors (Lipinski definition) is 3. The zero-order chi connectivity index (χ0) is 9.15. The second-order valence-corrected chi connectivity index (χ2v) is 3.52. The first-order valence-corrected chi connectivity index (χ1v) is 4.65. The third-order valence-corrected chi connectivity index (χ3v) is 2.63. The average molecular weight is 215 g/mol. The maximum absolute atomic E-state index is 10.3. The average Bonchev–Trinajstić information content (AvgIpc) is 2.20. The lowest BCUT2D eigenvalue weighted by Crippen LogP contribution is -2.39. The molecule has 0 aromatic carbocycles. The molecular formula is C10H15ClN2O. The zero-order valence-corrected chi connectivity index (χ0v) is 8.76. The summed E-state index contributed by atoms with van der Waals surface area (Å²) in [5, 5.41) is 13.5. The van der Waals surface area contributed by atoms with Crippen LogP contribution in [-0.2, 0) is 5.60 Å². The third kappa shape index (κ3) is 2.23. The number of nitrogens with one attached hydrogen (secondary N) is 1. The van der Waals surface area contributed by atoms with Crippen molar-refractivity contribution in [3.05, 3.63) is 30.1 Å². The molecule has 1 aliphatic rings. The summed E-state index contributed by atoms with van der Waals surface area (Å²) in [6.07, 6.45) is 5.04. The molecule has 0 atom stereocenters. The molecule has 0 amide bonds. The molecule has 0 radical (unpaired) electrons. The minimum atomic E-state index is -0.653. The van der Waals surface area contributed by atoms with Crippen molar-refractivity contribution in [1.29, 1.82) is 0 Å². The summed E-state index contributed by atoms with van der Waals surface area (Å²) in [5.41, 5.74) is 0.288. The van der Waals surface area contributed by atoms with Crippen LogP contribution in [0.5, 0.6) is 0 Å². The molecule has 2 heterocycles. The molecule has 78 valence electrons. The molecule has 0 aliphatic carbocycles. The Morgan fingerprint density at radius 1 is 1.36 bits per heavy atom. The van der Waals surface area contributed by atoms with E-state index in [-0.39, 0.29) is 12.4 Å². The van der Waals surface area contributed by atoms with Crippen LogP contribution >= 0.6 is 12.4 Å². The van der Waals surface area contributed by atoms with E-state index in [9.17, 15) is 5.11 Å². The summed E-state index contributed by atoms with van der Waals surface area (Å²) in [5.74, 6) is 0. The van der Waals surface area contributed by atoms with Gasteiger partial charge in [-0.25, -0.2) is 0 Å². The standard InChI is InChI=1S/C10H14N2O.ClH/c13-10(3-6-11-7-4-10)9-2-1-5-12-8-9;/h1-2,5,8,11,13H,3-4,6-7H2;1H. The van der Waals surface area contributed by atoms with Crippen LogP contribution in [0.4, 0.5) is 0 Å². The maximum atomic E-state index is 10.3. The van der Waals surface area contributed by atoms with Gasteiger partial charge in [0.15, 0.2) is 0 Å². The van der Waals surface area contributed by atoms with E-state index < -0.39 is 5.60 Å². The van der Waals surface area contributed by atoms with Crippen LogP contribution < -0.4 is 5.32 Å². The van der Waals surface area contributed by atoms with Gasteiger partial charge in [-0.1, -0.05) is 6.07 Å². The Balaban J connectivity index is 0.000000980. The van der Waals surface area contributed by atoms with Crippen molar-refractivity contribution in [1.82, 2.24) is 10.3 Å². The lowest BCUT2D eigenvalue weighted by atomic mass is 9.86. The van der Waals surface area contributed by atoms with E-state index >= 15 is 0 Å². The van der Waals surface area contributed by atoms with Crippen molar-refractivity contribution < 1.29 is 5.11 Å². The molecule has 1 aromatic rings. The first-order chi connectivity index (χ1) is 6.31. The van der Waals surface area contributed by atoms with Gasteiger partial charge < -0.3 is 10.4 Å². The highest BCUT2D eigenvalue weighted by atomic mass is 35.5. The molecule has 1 fully saturated rings. The molecule has 14 heavy (non-hydrogen) atoms. The van der Waals surface area contributed by atoms with E-state index in [1.165, 1.54) is 0 Å². The Morgan fingerprint density at radius 2 is 2.07 bits per heavy atom. The molecule has 0 spiro atoms. The fraction of sp³-hybridized carbons (Fsp3) is 0.500. The number of aromatic nitrogens is 1. The second-order valence-electron chi connectivity index (χ2n) is 3.52. The van der Waals surface area contributed by atoms with Crippen molar-refractivity contribution in [2.24, 2.45) is 0 Å². The molecule has 1 saturated heterocycles. The fourth-order valence-corrected chi connectivity index (χ4v) is 1.77. The summed E-state index contributed by atoms with van der Waals surface area (Å²) >= 11 is 0. The van der Waals surface area contributed by atoms with Crippen LogP contribution in [0.1, 0.15) is 18.4 Å². The minimum Gasteiger partial charge on any atom is -0.385 e. The van der Waals surface area contributed by atoms with Crippen LogP contribution in [0, 0.1) is 0 Å². The molecule has 0 bridgehead atoms. The Kier molecular flexibility index (Phi) is 3.86. The fourth-order valence-electron chi connectivity index (χ4n) is 1.77. The van der Waals surface area contributed by atoms with Crippen LogP contribution in [0.2, 0.25) is 0 Å². The highest BCUT2D eigenvalue weighted by molar-refractivity contribution is 5.85. The number of pyridine rings is 1. The van der Waals surface area contributed by atoms with Crippen LogP contribution in [-0.4, -0.2) is 23.2 Å². The molecule has 1 aromatic heterocycles. The van der Waals surface area contributed by atoms with Gasteiger partial charge in [0.05, 0.1) is 5.60 Å². The van der Waals surface area contributed by atoms with E-state index in [0.717, 1.165) is 31.5 Å². The number of hydrogen-bond donors (Lipinski definition) is 2. The summed E-state index contributed by atoms with van der Waals surface area (Å²) in [6, 6.07) is 3.81. The van der Waals surface area contributed by atoms with Crippen molar-refractivity contribution in [2.45, 2.75) is 18.4 Å². The lowest BCUT2D eigenvalue weighted by molar-refractivity contribution is 0.00564. The Labute approximate surface area is 90.0 Å². The normalized spacial score (nSPS) is 19.8. The van der Waals surface area contributed by atoms with Gasteiger partial charge in [-0.05, 0) is 32.0 Å². The summed E-state index contributed by atoms with van der Waals surface area (Å²) in [6.45, 7) is 1.76. The number of rotatable bonds is 1. The van der Waals surface area contributed by atoms with Gasteiger partial charge in [-0.2, -0.15) is 0 Å². The Morgan fingerprint density at radius 3 is 2.64 bits per heavy atom. The van der Waals surface area contributed by atoms with Gasteiger partial charge in [0, 0.05) is 18.0 Å². The highest BCUT2D eigenvalue weighted by Crippen LogP contribution is 2.29. The lowest BCUT2D eigenvalue weighted by Gasteiger charge is -2.32. The number of piperidine rings is 1. The van der Waals surface area contributed by atoms with Crippen molar-refractivity contribution in [3.63, 3.8) is 0 Å². The molecular weight excluding hydrogens is 200 g/mol. The van der Waals surface area contributed by atoms with Crippen LogP contribution in [0.3, 0.4) is 0 Å². The zero-order valence-electron chi connectivity index (χ0n) is 7.94. The molecule has 1 aliphatic heterocycles. The van der Waals surface area contributed by atoms with Gasteiger partial charge in [-0.3, -0.25) is 4.98 Å². The van der Waals surface area contributed by atoms with Gasteiger partial charge >= 0.3 is 0 Å². The van der Waals surface area contributed by atoms with Crippen molar-refractivity contribution in [2.75, 3.05) is 13.1 Å².